The largest absolute Gasteiger partial charge is 0.300 e. The summed E-state index contributed by atoms with van der Waals surface area (Å²) in [6.07, 6.45) is 11.0. The Morgan fingerprint density at radius 1 is 1.22 bits per heavy atom. The maximum Gasteiger partial charge on any atom is 0.150 e. The average molecular weight is 326 g/mol. The molecule has 0 spiro atoms. The fourth-order valence-corrected chi connectivity index (χ4v) is 3.67. The molecule has 3 heterocycles. The first kappa shape index (κ1) is 14.5. The maximum atomic E-state index is 11.5. The van der Waals surface area contributed by atoms with Crippen molar-refractivity contribution in [1.29, 1.82) is 0 Å². The summed E-state index contributed by atoms with van der Waals surface area (Å²) >= 11 is 4.48. The standard InChI is InChI=1S/C17H18N4OS/c1-20-9-13(8-19-20)16-10-21(23)17-15(16)6-12(7-18-17)11-2-4-14(22)5-3-11/h6-11,23H,2-5H2,1H3. The monoisotopic (exact) mass is 326 g/mol. The number of aromatic nitrogens is 4. The van der Waals surface area contributed by atoms with E-state index in [1.807, 2.05) is 31.8 Å². The van der Waals surface area contributed by atoms with Gasteiger partial charge in [0.05, 0.1) is 6.20 Å². The normalized spacial score (nSPS) is 16.3. The molecule has 1 fully saturated rings. The Morgan fingerprint density at radius 3 is 2.70 bits per heavy atom. The SMILES string of the molecule is Cn1cc(-c2cn(S)c3ncc(C4CCC(=O)CC4)cc23)cn1. The lowest BCUT2D eigenvalue weighted by Crippen LogP contribution is -2.12. The minimum Gasteiger partial charge on any atom is -0.300 e. The van der Waals surface area contributed by atoms with Crippen LogP contribution in [0, 0.1) is 0 Å². The van der Waals surface area contributed by atoms with E-state index in [0.29, 0.717) is 24.5 Å². The van der Waals surface area contributed by atoms with E-state index in [2.05, 4.69) is 29.0 Å². The van der Waals surface area contributed by atoms with Crippen molar-refractivity contribution >= 4 is 29.6 Å². The number of aryl methyl sites for hydroxylation is 1. The molecule has 0 aliphatic heterocycles. The van der Waals surface area contributed by atoms with Crippen molar-refractivity contribution in [1.82, 2.24) is 18.7 Å². The Bertz CT molecular complexity index is 885. The number of rotatable bonds is 2. The summed E-state index contributed by atoms with van der Waals surface area (Å²) < 4.78 is 3.55. The smallest absolute Gasteiger partial charge is 0.150 e. The number of nitrogens with zero attached hydrogens (tertiary/aromatic N) is 4. The third-order valence-corrected chi connectivity index (χ3v) is 4.98. The van der Waals surface area contributed by atoms with Crippen molar-refractivity contribution in [2.24, 2.45) is 7.05 Å². The number of Topliss-reactive ketones (excluding diaryl/α,β-unsaturated/α-hetero) is 1. The van der Waals surface area contributed by atoms with Crippen molar-refractivity contribution in [3.05, 3.63) is 36.4 Å². The van der Waals surface area contributed by atoms with Crippen molar-refractivity contribution in [3.8, 4) is 11.1 Å². The van der Waals surface area contributed by atoms with Crippen LogP contribution in [0.1, 0.15) is 37.2 Å². The van der Waals surface area contributed by atoms with Crippen molar-refractivity contribution in [2.45, 2.75) is 31.6 Å². The van der Waals surface area contributed by atoms with Gasteiger partial charge in [-0.2, -0.15) is 5.10 Å². The first-order valence-electron chi connectivity index (χ1n) is 7.83. The van der Waals surface area contributed by atoms with Crippen molar-refractivity contribution in [3.63, 3.8) is 0 Å². The fourth-order valence-electron chi connectivity index (χ4n) is 3.39. The Hall–Kier alpha value is -2.08. The third-order valence-electron chi connectivity index (χ3n) is 4.68. The zero-order valence-electron chi connectivity index (χ0n) is 12.9. The summed E-state index contributed by atoms with van der Waals surface area (Å²) in [4.78, 5) is 16.1. The second kappa shape index (κ2) is 5.53. The first-order chi connectivity index (χ1) is 11.1. The number of ketones is 1. The van der Waals surface area contributed by atoms with Crippen LogP contribution in [0.15, 0.2) is 30.9 Å². The molecule has 1 aliphatic carbocycles. The summed E-state index contributed by atoms with van der Waals surface area (Å²) in [7, 11) is 1.91. The van der Waals surface area contributed by atoms with E-state index in [1.54, 1.807) is 8.65 Å². The molecule has 6 heteroatoms. The van der Waals surface area contributed by atoms with E-state index >= 15 is 0 Å². The van der Waals surface area contributed by atoms with Gasteiger partial charge in [0.15, 0.2) is 0 Å². The Balaban J connectivity index is 1.79. The molecule has 0 bridgehead atoms. The second-order valence-corrected chi connectivity index (χ2v) is 6.67. The number of hydrogen-bond donors (Lipinski definition) is 1. The van der Waals surface area contributed by atoms with Gasteiger partial charge in [-0.15, -0.1) is 0 Å². The van der Waals surface area contributed by atoms with Crippen molar-refractivity contribution < 1.29 is 4.79 Å². The van der Waals surface area contributed by atoms with E-state index in [-0.39, 0.29) is 0 Å². The molecule has 1 saturated carbocycles. The van der Waals surface area contributed by atoms with Gasteiger partial charge in [0.2, 0.25) is 0 Å². The average Bonchev–Trinajstić information content (AvgIpc) is 3.12. The van der Waals surface area contributed by atoms with Crippen LogP contribution in [0.5, 0.6) is 0 Å². The summed E-state index contributed by atoms with van der Waals surface area (Å²) in [5.74, 6) is 0.808. The van der Waals surface area contributed by atoms with Crippen molar-refractivity contribution in [2.75, 3.05) is 0 Å². The highest BCUT2D eigenvalue weighted by molar-refractivity contribution is 7.78. The fraction of sp³-hybridized carbons (Fsp3) is 0.353. The molecule has 0 saturated heterocycles. The number of thiol groups is 1. The Kier molecular flexibility index (Phi) is 3.49. The third kappa shape index (κ3) is 2.57. The van der Waals surface area contributed by atoms with E-state index in [0.717, 1.165) is 35.0 Å². The van der Waals surface area contributed by atoms with E-state index in [4.69, 9.17) is 0 Å². The lowest BCUT2D eigenvalue weighted by Gasteiger charge is -2.21. The van der Waals surface area contributed by atoms with Crippen LogP contribution in [-0.4, -0.2) is 24.5 Å². The molecule has 23 heavy (non-hydrogen) atoms. The summed E-state index contributed by atoms with van der Waals surface area (Å²) in [5.41, 5.74) is 4.21. The van der Waals surface area contributed by atoms with Gasteiger partial charge in [0, 0.05) is 55.0 Å². The van der Waals surface area contributed by atoms with Gasteiger partial charge in [-0.05, 0) is 30.4 Å². The van der Waals surface area contributed by atoms with Crippen LogP contribution >= 0.6 is 12.8 Å². The molecule has 3 aromatic heterocycles. The molecule has 118 valence electrons. The predicted molar refractivity (Wildman–Crippen MR) is 92.5 cm³/mol. The van der Waals surface area contributed by atoms with Crippen LogP contribution in [0.3, 0.4) is 0 Å². The highest BCUT2D eigenvalue weighted by Gasteiger charge is 2.22. The molecular formula is C17H18N4OS. The molecule has 1 aliphatic rings. The summed E-state index contributed by atoms with van der Waals surface area (Å²) in [6.45, 7) is 0. The quantitative estimate of drug-likeness (QED) is 0.735. The zero-order valence-corrected chi connectivity index (χ0v) is 13.8. The number of hydrogen-bond acceptors (Lipinski definition) is 4. The van der Waals surface area contributed by atoms with Crippen LogP contribution < -0.4 is 0 Å². The minimum absolute atomic E-state index is 0.382. The number of fused-ring (bicyclic) bond motifs is 1. The number of carbonyl (C=O) groups is 1. The number of pyridine rings is 1. The van der Waals surface area contributed by atoms with Gasteiger partial charge in [0.1, 0.15) is 11.4 Å². The van der Waals surface area contributed by atoms with E-state index in [9.17, 15) is 4.79 Å². The van der Waals surface area contributed by atoms with Gasteiger partial charge in [-0.25, -0.2) is 4.98 Å². The molecule has 5 nitrogen and oxygen atoms in total. The highest BCUT2D eigenvalue weighted by Crippen LogP contribution is 2.35. The highest BCUT2D eigenvalue weighted by atomic mass is 32.1. The summed E-state index contributed by atoms with van der Waals surface area (Å²) in [6, 6.07) is 2.21. The minimum atomic E-state index is 0.382. The molecule has 0 radical (unpaired) electrons. The molecule has 0 atom stereocenters. The van der Waals surface area contributed by atoms with Crippen LogP contribution in [0.4, 0.5) is 0 Å². The molecule has 0 unspecified atom stereocenters. The Labute approximate surface area is 139 Å². The molecule has 0 aromatic carbocycles. The molecule has 4 rings (SSSR count). The van der Waals surface area contributed by atoms with Gasteiger partial charge >= 0.3 is 0 Å². The van der Waals surface area contributed by atoms with Crippen LogP contribution in [0.25, 0.3) is 22.2 Å². The number of carbonyl (C=O) groups excluding carboxylic acids is 1. The molecular weight excluding hydrogens is 308 g/mol. The lowest BCUT2D eigenvalue weighted by molar-refractivity contribution is -0.120. The lowest BCUT2D eigenvalue weighted by atomic mass is 9.84. The van der Waals surface area contributed by atoms with Crippen LogP contribution in [-0.2, 0) is 11.8 Å². The van der Waals surface area contributed by atoms with E-state index in [1.165, 1.54) is 5.56 Å². The summed E-state index contributed by atoms with van der Waals surface area (Å²) in [5, 5.41) is 5.34. The zero-order chi connectivity index (χ0) is 16.0. The van der Waals surface area contributed by atoms with Gasteiger partial charge in [-0.3, -0.25) is 13.4 Å². The van der Waals surface area contributed by atoms with Gasteiger partial charge in [-0.1, -0.05) is 12.8 Å². The molecule has 0 N–H and O–H groups in total. The topological polar surface area (TPSA) is 52.7 Å². The van der Waals surface area contributed by atoms with Gasteiger partial charge in [0.25, 0.3) is 0 Å². The van der Waals surface area contributed by atoms with E-state index < -0.39 is 0 Å². The molecule has 0 amide bonds. The predicted octanol–water partition coefficient (Wildman–Crippen LogP) is 3.36. The Morgan fingerprint density at radius 2 is 2.00 bits per heavy atom. The first-order valence-corrected chi connectivity index (χ1v) is 8.23. The maximum absolute atomic E-state index is 11.5. The van der Waals surface area contributed by atoms with Crippen LogP contribution in [0.2, 0.25) is 0 Å². The van der Waals surface area contributed by atoms with Gasteiger partial charge < -0.3 is 0 Å². The second-order valence-electron chi connectivity index (χ2n) is 6.24. The molecule has 3 aromatic rings.